The lowest BCUT2D eigenvalue weighted by Gasteiger charge is -2.29. The van der Waals surface area contributed by atoms with Crippen LogP contribution in [-0.2, 0) is 4.79 Å². The number of allylic oxidation sites excluding steroid dienone is 1. The van der Waals surface area contributed by atoms with E-state index in [9.17, 15) is 4.79 Å². The minimum Gasteiger partial charge on any atom is -0.328 e. The fourth-order valence-corrected chi connectivity index (χ4v) is 3.90. The zero-order chi connectivity index (χ0) is 21.4. The SMILES string of the molecule is CC1=C(C(=O)Nc2ccc(C)cc2C)C(c2ccc(C(C)C)cc2)n2ncnc2N1. The van der Waals surface area contributed by atoms with Gasteiger partial charge in [-0.1, -0.05) is 55.8 Å². The van der Waals surface area contributed by atoms with Crippen molar-refractivity contribution in [2.45, 2.75) is 46.6 Å². The smallest absolute Gasteiger partial charge is 0.255 e. The van der Waals surface area contributed by atoms with Crippen molar-refractivity contribution in [2.24, 2.45) is 0 Å². The van der Waals surface area contributed by atoms with Crippen molar-refractivity contribution in [3.63, 3.8) is 0 Å². The minimum absolute atomic E-state index is 0.147. The van der Waals surface area contributed by atoms with Crippen LogP contribution < -0.4 is 10.6 Å². The van der Waals surface area contributed by atoms with E-state index in [0.29, 0.717) is 17.4 Å². The molecule has 0 aliphatic carbocycles. The van der Waals surface area contributed by atoms with Crippen LogP contribution in [0.15, 0.2) is 60.1 Å². The molecule has 0 saturated heterocycles. The predicted octanol–water partition coefficient (Wildman–Crippen LogP) is 4.95. The van der Waals surface area contributed by atoms with E-state index in [1.165, 1.54) is 11.9 Å². The number of carbonyl (C=O) groups is 1. The summed E-state index contributed by atoms with van der Waals surface area (Å²) < 4.78 is 1.77. The Morgan fingerprint density at radius 1 is 1.10 bits per heavy atom. The molecule has 1 aromatic heterocycles. The highest BCUT2D eigenvalue weighted by Crippen LogP contribution is 2.35. The number of rotatable bonds is 4. The zero-order valence-electron chi connectivity index (χ0n) is 18.0. The van der Waals surface area contributed by atoms with Gasteiger partial charge in [0.1, 0.15) is 12.4 Å². The van der Waals surface area contributed by atoms with Crippen molar-refractivity contribution >= 4 is 17.5 Å². The minimum atomic E-state index is -0.351. The molecule has 30 heavy (non-hydrogen) atoms. The molecule has 1 atom stereocenters. The van der Waals surface area contributed by atoms with Crippen molar-refractivity contribution in [2.75, 3.05) is 10.6 Å². The van der Waals surface area contributed by atoms with Crippen LogP contribution in [0.25, 0.3) is 0 Å². The first-order chi connectivity index (χ1) is 14.3. The standard InChI is InChI=1S/C24H27N5O/c1-14(2)18-7-9-19(10-8-18)22-21(17(5)27-24-25-13-26-29(22)24)23(30)28-20-11-6-15(3)12-16(20)4/h6-14,22H,1-5H3,(H,28,30)(H,25,26,27). The van der Waals surface area contributed by atoms with Gasteiger partial charge in [-0.15, -0.1) is 0 Å². The van der Waals surface area contributed by atoms with Gasteiger partial charge >= 0.3 is 0 Å². The van der Waals surface area contributed by atoms with Crippen LogP contribution in [0.3, 0.4) is 0 Å². The van der Waals surface area contributed by atoms with Gasteiger partial charge in [-0.25, -0.2) is 4.68 Å². The molecule has 2 heterocycles. The summed E-state index contributed by atoms with van der Waals surface area (Å²) in [5.74, 6) is 0.929. The van der Waals surface area contributed by atoms with Gasteiger partial charge in [-0.3, -0.25) is 4.79 Å². The van der Waals surface area contributed by atoms with Crippen LogP contribution in [0.2, 0.25) is 0 Å². The average molecular weight is 402 g/mol. The van der Waals surface area contributed by atoms with Gasteiger partial charge in [-0.05, 0) is 49.4 Å². The maximum Gasteiger partial charge on any atom is 0.255 e. The maximum absolute atomic E-state index is 13.4. The second-order valence-corrected chi connectivity index (χ2v) is 8.19. The van der Waals surface area contributed by atoms with Crippen molar-refractivity contribution < 1.29 is 4.79 Å². The summed E-state index contributed by atoms with van der Waals surface area (Å²) >= 11 is 0. The van der Waals surface area contributed by atoms with Crippen LogP contribution in [0.5, 0.6) is 0 Å². The molecule has 0 radical (unpaired) electrons. The molecular formula is C24H27N5O. The number of nitrogens with one attached hydrogen (secondary N) is 2. The summed E-state index contributed by atoms with van der Waals surface area (Å²) in [5.41, 5.74) is 6.66. The molecule has 0 fully saturated rings. The van der Waals surface area contributed by atoms with E-state index in [0.717, 1.165) is 28.1 Å². The van der Waals surface area contributed by atoms with Gasteiger partial charge in [0.05, 0.1) is 5.57 Å². The topological polar surface area (TPSA) is 71.8 Å². The number of aromatic nitrogens is 3. The molecule has 0 spiro atoms. The van der Waals surface area contributed by atoms with E-state index >= 15 is 0 Å². The Bertz CT molecular complexity index is 1120. The predicted molar refractivity (Wildman–Crippen MR) is 120 cm³/mol. The third kappa shape index (κ3) is 3.61. The summed E-state index contributed by atoms with van der Waals surface area (Å²) in [6.07, 6.45) is 1.51. The van der Waals surface area contributed by atoms with Crippen molar-refractivity contribution in [3.8, 4) is 0 Å². The lowest BCUT2D eigenvalue weighted by atomic mass is 9.92. The molecule has 1 unspecified atom stereocenters. The summed E-state index contributed by atoms with van der Waals surface area (Å²) in [7, 11) is 0. The molecule has 1 aliphatic heterocycles. The highest BCUT2D eigenvalue weighted by Gasteiger charge is 2.33. The second-order valence-electron chi connectivity index (χ2n) is 8.19. The van der Waals surface area contributed by atoms with Crippen molar-refractivity contribution in [1.29, 1.82) is 0 Å². The van der Waals surface area contributed by atoms with Gasteiger partial charge in [0.2, 0.25) is 5.95 Å². The second kappa shape index (κ2) is 7.78. The number of carbonyl (C=O) groups excluding carboxylic acids is 1. The molecule has 3 aromatic rings. The molecule has 1 aliphatic rings. The molecule has 0 bridgehead atoms. The molecule has 154 valence electrons. The van der Waals surface area contributed by atoms with E-state index < -0.39 is 0 Å². The van der Waals surface area contributed by atoms with E-state index in [4.69, 9.17) is 0 Å². The quantitative estimate of drug-likeness (QED) is 0.649. The Morgan fingerprint density at radius 3 is 2.50 bits per heavy atom. The highest BCUT2D eigenvalue weighted by atomic mass is 16.1. The van der Waals surface area contributed by atoms with Crippen LogP contribution in [-0.4, -0.2) is 20.7 Å². The third-order valence-corrected chi connectivity index (χ3v) is 5.59. The molecule has 2 N–H and O–H groups in total. The van der Waals surface area contributed by atoms with Gasteiger partial charge in [0, 0.05) is 11.4 Å². The fourth-order valence-electron chi connectivity index (χ4n) is 3.90. The maximum atomic E-state index is 13.4. The molecule has 2 aromatic carbocycles. The number of anilines is 2. The van der Waals surface area contributed by atoms with Crippen LogP contribution in [0.1, 0.15) is 55.0 Å². The highest BCUT2D eigenvalue weighted by molar-refractivity contribution is 6.06. The Morgan fingerprint density at radius 2 is 1.83 bits per heavy atom. The molecule has 4 rings (SSSR count). The van der Waals surface area contributed by atoms with Gasteiger partial charge < -0.3 is 10.6 Å². The van der Waals surface area contributed by atoms with E-state index in [1.54, 1.807) is 4.68 Å². The normalized spacial score (nSPS) is 15.7. The number of benzene rings is 2. The summed E-state index contributed by atoms with van der Waals surface area (Å²) in [5, 5.41) is 10.7. The third-order valence-electron chi connectivity index (χ3n) is 5.59. The van der Waals surface area contributed by atoms with Gasteiger partial charge in [0.25, 0.3) is 5.91 Å². The average Bonchev–Trinajstić information content (AvgIpc) is 3.17. The fraction of sp³-hybridized carbons (Fsp3) is 0.292. The van der Waals surface area contributed by atoms with E-state index in [1.807, 2.05) is 32.9 Å². The number of hydrogen-bond acceptors (Lipinski definition) is 4. The van der Waals surface area contributed by atoms with Gasteiger partial charge in [0.15, 0.2) is 0 Å². The molecule has 6 nitrogen and oxygen atoms in total. The van der Waals surface area contributed by atoms with Crippen molar-refractivity contribution in [3.05, 3.63) is 82.3 Å². The summed E-state index contributed by atoms with van der Waals surface area (Å²) in [4.78, 5) is 17.7. The number of fused-ring (bicyclic) bond motifs is 1. The first-order valence-corrected chi connectivity index (χ1v) is 10.2. The van der Waals surface area contributed by atoms with Crippen LogP contribution in [0, 0.1) is 13.8 Å². The number of nitrogens with zero attached hydrogens (tertiary/aromatic N) is 3. The summed E-state index contributed by atoms with van der Waals surface area (Å²) in [6.45, 7) is 10.3. The Balaban J connectivity index is 1.74. The first-order valence-electron chi connectivity index (χ1n) is 10.2. The number of aryl methyl sites for hydroxylation is 2. The van der Waals surface area contributed by atoms with E-state index in [2.05, 4.69) is 64.9 Å². The summed E-state index contributed by atoms with van der Waals surface area (Å²) in [6, 6.07) is 14.1. The van der Waals surface area contributed by atoms with E-state index in [-0.39, 0.29) is 11.9 Å². The van der Waals surface area contributed by atoms with Gasteiger partial charge in [-0.2, -0.15) is 10.1 Å². The lowest BCUT2D eigenvalue weighted by molar-refractivity contribution is -0.113. The van der Waals surface area contributed by atoms with Crippen LogP contribution >= 0.6 is 0 Å². The monoisotopic (exact) mass is 401 g/mol. The molecule has 0 saturated carbocycles. The van der Waals surface area contributed by atoms with Crippen LogP contribution in [0.4, 0.5) is 11.6 Å². The Kier molecular flexibility index (Phi) is 5.16. The molecule has 1 amide bonds. The molecular weight excluding hydrogens is 374 g/mol. The lowest BCUT2D eigenvalue weighted by Crippen LogP contribution is -2.31. The Hall–Kier alpha value is -3.41. The Labute approximate surface area is 177 Å². The zero-order valence-corrected chi connectivity index (χ0v) is 18.0. The number of hydrogen-bond donors (Lipinski definition) is 2. The first kappa shape index (κ1) is 19.9. The number of amides is 1. The largest absolute Gasteiger partial charge is 0.328 e. The van der Waals surface area contributed by atoms with Crippen molar-refractivity contribution in [1.82, 2.24) is 14.8 Å². The molecule has 6 heteroatoms.